The molecule has 0 saturated heterocycles. The summed E-state index contributed by atoms with van der Waals surface area (Å²) in [6.07, 6.45) is 6.73. The van der Waals surface area contributed by atoms with E-state index in [1.807, 2.05) is 41.9 Å². The average Bonchev–Trinajstić information content (AvgIpc) is 3.11. The minimum atomic E-state index is -0.127. The highest BCUT2D eigenvalue weighted by atomic mass is 32.1. The molecule has 0 radical (unpaired) electrons. The standard InChI is InChI=1S/C21H23N3OS/c1-21(2)16-9-8-15(17(21)10-16)12-22-24-19(25)11-20-23-18(13-26-20)14-6-4-3-5-7-14/h3-8,12-13,16-17H,9-11H2,1-2H3,(H,24,25)/t16-,17+/m0/s1. The van der Waals surface area contributed by atoms with Crippen molar-refractivity contribution in [3.63, 3.8) is 0 Å². The van der Waals surface area contributed by atoms with Crippen LogP contribution < -0.4 is 5.43 Å². The number of allylic oxidation sites excluding steroid dienone is 2. The molecule has 3 aliphatic rings. The molecule has 4 nitrogen and oxygen atoms in total. The van der Waals surface area contributed by atoms with Crippen LogP contribution >= 0.6 is 11.3 Å². The first-order valence-electron chi connectivity index (χ1n) is 9.06. The van der Waals surface area contributed by atoms with Gasteiger partial charge in [0, 0.05) is 10.9 Å². The number of carbonyl (C=O) groups excluding carboxylic acids is 1. The van der Waals surface area contributed by atoms with Gasteiger partial charge in [-0.3, -0.25) is 4.79 Å². The van der Waals surface area contributed by atoms with E-state index in [1.54, 1.807) is 0 Å². The lowest BCUT2D eigenvalue weighted by molar-refractivity contribution is -0.120. The van der Waals surface area contributed by atoms with Gasteiger partial charge in [-0.15, -0.1) is 11.3 Å². The molecule has 2 bridgehead atoms. The first-order chi connectivity index (χ1) is 12.5. The second-order valence-corrected chi connectivity index (χ2v) is 8.65. The van der Waals surface area contributed by atoms with E-state index in [0.717, 1.165) is 28.6 Å². The zero-order valence-electron chi connectivity index (χ0n) is 15.1. The summed E-state index contributed by atoms with van der Waals surface area (Å²) >= 11 is 1.51. The van der Waals surface area contributed by atoms with Crippen LogP contribution in [0.1, 0.15) is 31.7 Å². The van der Waals surface area contributed by atoms with Crippen LogP contribution in [-0.2, 0) is 11.2 Å². The number of nitrogens with zero attached hydrogens (tertiary/aromatic N) is 2. The Hall–Kier alpha value is -2.27. The fraction of sp³-hybridized carbons (Fsp3) is 0.381. The molecule has 1 fully saturated rings. The third kappa shape index (κ3) is 3.23. The smallest absolute Gasteiger partial charge is 0.246 e. The van der Waals surface area contributed by atoms with E-state index in [9.17, 15) is 4.79 Å². The Labute approximate surface area is 158 Å². The Morgan fingerprint density at radius 2 is 2.19 bits per heavy atom. The van der Waals surface area contributed by atoms with Crippen LogP contribution in [0.2, 0.25) is 0 Å². The minimum absolute atomic E-state index is 0.127. The molecule has 1 heterocycles. The predicted octanol–water partition coefficient (Wildman–Crippen LogP) is 4.45. The van der Waals surface area contributed by atoms with Crippen molar-refractivity contribution >= 4 is 23.5 Å². The van der Waals surface area contributed by atoms with E-state index in [1.165, 1.54) is 23.3 Å². The lowest BCUT2D eigenvalue weighted by Gasteiger charge is -2.55. The van der Waals surface area contributed by atoms with Gasteiger partial charge in [-0.05, 0) is 35.7 Å². The number of aromatic nitrogens is 1. The molecule has 1 saturated carbocycles. The molecule has 2 aromatic rings. The Balaban J connectivity index is 1.32. The van der Waals surface area contributed by atoms with Crippen LogP contribution in [0.25, 0.3) is 11.3 Å². The van der Waals surface area contributed by atoms with Gasteiger partial charge in [0.25, 0.3) is 0 Å². The molecule has 1 aromatic heterocycles. The number of amides is 1. The highest BCUT2D eigenvalue weighted by Crippen LogP contribution is 2.58. The topological polar surface area (TPSA) is 54.4 Å². The molecule has 1 N–H and O–H groups in total. The van der Waals surface area contributed by atoms with Gasteiger partial charge < -0.3 is 0 Å². The normalized spacial score (nSPS) is 23.4. The number of carbonyl (C=O) groups is 1. The summed E-state index contributed by atoms with van der Waals surface area (Å²) < 4.78 is 0. The van der Waals surface area contributed by atoms with Crippen molar-refractivity contribution in [1.29, 1.82) is 0 Å². The maximum Gasteiger partial charge on any atom is 0.246 e. The number of fused-ring (bicyclic) bond motifs is 1. The lowest BCUT2D eigenvalue weighted by Crippen LogP contribution is -2.48. The van der Waals surface area contributed by atoms with Crippen LogP contribution in [0.5, 0.6) is 0 Å². The summed E-state index contributed by atoms with van der Waals surface area (Å²) in [6, 6.07) is 10.00. The predicted molar refractivity (Wildman–Crippen MR) is 106 cm³/mol. The summed E-state index contributed by atoms with van der Waals surface area (Å²) in [4.78, 5) is 16.7. The Morgan fingerprint density at radius 1 is 1.38 bits per heavy atom. The number of nitrogens with one attached hydrogen (secondary N) is 1. The minimum Gasteiger partial charge on any atom is -0.273 e. The van der Waals surface area contributed by atoms with Crippen LogP contribution in [0.3, 0.4) is 0 Å². The largest absolute Gasteiger partial charge is 0.273 e. The van der Waals surface area contributed by atoms with E-state index >= 15 is 0 Å². The molecule has 5 rings (SSSR count). The number of thiazole rings is 1. The molecule has 134 valence electrons. The van der Waals surface area contributed by atoms with Gasteiger partial charge in [-0.25, -0.2) is 10.4 Å². The molecule has 2 atom stereocenters. The molecule has 0 aliphatic heterocycles. The molecule has 3 aliphatic carbocycles. The van der Waals surface area contributed by atoms with E-state index in [0.29, 0.717) is 11.3 Å². The average molecular weight is 366 g/mol. The molecule has 1 aromatic carbocycles. The van der Waals surface area contributed by atoms with Crippen molar-refractivity contribution < 1.29 is 4.79 Å². The highest BCUT2D eigenvalue weighted by Gasteiger charge is 2.50. The molecular weight excluding hydrogens is 342 g/mol. The maximum absolute atomic E-state index is 12.1. The van der Waals surface area contributed by atoms with E-state index in [2.05, 4.69) is 35.4 Å². The third-order valence-electron chi connectivity index (χ3n) is 5.85. The molecule has 0 unspecified atom stereocenters. The Bertz CT molecular complexity index is 866. The number of benzene rings is 1. The van der Waals surface area contributed by atoms with Gasteiger partial charge >= 0.3 is 0 Å². The fourth-order valence-electron chi connectivity index (χ4n) is 4.03. The van der Waals surface area contributed by atoms with Gasteiger partial charge in [0.15, 0.2) is 0 Å². The third-order valence-corrected chi connectivity index (χ3v) is 6.70. The summed E-state index contributed by atoms with van der Waals surface area (Å²) in [5, 5.41) is 6.97. The summed E-state index contributed by atoms with van der Waals surface area (Å²) in [7, 11) is 0. The molecule has 1 amide bonds. The van der Waals surface area contributed by atoms with E-state index in [4.69, 9.17) is 0 Å². The van der Waals surface area contributed by atoms with Gasteiger partial charge in [0.2, 0.25) is 5.91 Å². The number of rotatable bonds is 5. The number of hydrazone groups is 1. The van der Waals surface area contributed by atoms with Crippen molar-refractivity contribution in [3.05, 3.63) is 52.4 Å². The number of hydrogen-bond donors (Lipinski definition) is 1. The summed E-state index contributed by atoms with van der Waals surface area (Å²) in [5.41, 5.74) is 6.26. The van der Waals surface area contributed by atoms with Crippen molar-refractivity contribution in [3.8, 4) is 11.3 Å². The Morgan fingerprint density at radius 3 is 2.92 bits per heavy atom. The van der Waals surface area contributed by atoms with Crippen molar-refractivity contribution in [1.82, 2.24) is 10.4 Å². The van der Waals surface area contributed by atoms with Crippen LogP contribution in [0, 0.1) is 17.3 Å². The summed E-state index contributed by atoms with van der Waals surface area (Å²) in [5.74, 6) is 1.26. The van der Waals surface area contributed by atoms with Crippen LogP contribution in [-0.4, -0.2) is 17.1 Å². The van der Waals surface area contributed by atoms with Crippen molar-refractivity contribution in [2.75, 3.05) is 0 Å². The van der Waals surface area contributed by atoms with Crippen LogP contribution in [0.4, 0.5) is 0 Å². The van der Waals surface area contributed by atoms with E-state index in [-0.39, 0.29) is 12.3 Å². The van der Waals surface area contributed by atoms with Gasteiger partial charge in [-0.1, -0.05) is 50.3 Å². The first-order valence-corrected chi connectivity index (χ1v) is 9.94. The second kappa shape index (κ2) is 6.80. The van der Waals surface area contributed by atoms with Gasteiger partial charge in [-0.2, -0.15) is 5.10 Å². The van der Waals surface area contributed by atoms with Gasteiger partial charge in [0.1, 0.15) is 5.01 Å². The summed E-state index contributed by atoms with van der Waals surface area (Å²) in [6.45, 7) is 4.66. The first kappa shape index (κ1) is 17.2. The Kier molecular flexibility index (Phi) is 4.49. The van der Waals surface area contributed by atoms with Gasteiger partial charge in [0.05, 0.1) is 18.3 Å². The quantitative estimate of drug-likeness (QED) is 0.629. The second-order valence-electron chi connectivity index (χ2n) is 7.71. The van der Waals surface area contributed by atoms with E-state index < -0.39 is 0 Å². The van der Waals surface area contributed by atoms with Crippen LogP contribution in [0.15, 0.2) is 52.5 Å². The molecule has 26 heavy (non-hydrogen) atoms. The lowest BCUT2D eigenvalue weighted by atomic mass is 9.49. The number of hydrogen-bond acceptors (Lipinski definition) is 4. The van der Waals surface area contributed by atoms with Crippen molar-refractivity contribution in [2.24, 2.45) is 22.4 Å². The maximum atomic E-state index is 12.1. The van der Waals surface area contributed by atoms with Crippen molar-refractivity contribution in [2.45, 2.75) is 33.1 Å². The molecular formula is C21H23N3OS. The zero-order valence-corrected chi connectivity index (χ0v) is 15.9. The molecule has 5 heteroatoms. The monoisotopic (exact) mass is 365 g/mol. The fourth-order valence-corrected chi connectivity index (χ4v) is 4.84. The zero-order chi connectivity index (χ0) is 18.1. The highest BCUT2D eigenvalue weighted by molar-refractivity contribution is 7.10. The SMILES string of the molecule is CC1(C)[C@H]2CC=C(C=NNC(=O)Cc3nc(-c4ccccc4)cs3)[C@H]1C2. The molecule has 0 spiro atoms.